The van der Waals surface area contributed by atoms with Gasteiger partial charge in [0.1, 0.15) is 11.6 Å². The second kappa shape index (κ2) is 8.84. The number of benzene rings is 2. The molecule has 1 aliphatic rings. The monoisotopic (exact) mass is 432 g/mol. The van der Waals surface area contributed by atoms with Crippen LogP contribution in [0.3, 0.4) is 0 Å². The lowest BCUT2D eigenvalue weighted by Crippen LogP contribution is -2.44. The fourth-order valence-electron chi connectivity index (χ4n) is 2.34. The maximum atomic E-state index is 13.0. The van der Waals surface area contributed by atoms with E-state index in [1.165, 1.54) is 18.2 Å². The molecule has 1 heterocycles. The number of nitrogens with one attached hydrogen (secondary N) is 1. The van der Waals surface area contributed by atoms with Crippen LogP contribution in [0.15, 0.2) is 53.4 Å². The minimum absolute atomic E-state index is 0.112. The molecule has 3 rings (SSSR count). The maximum absolute atomic E-state index is 13.0. The van der Waals surface area contributed by atoms with Crippen molar-refractivity contribution >= 4 is 52.2 Å². The van der Waals surface area contributed by atoms with E-state index in [0.717, 1.165) is 28.9 Å². The van der Waals surface area contributed by atoms with Crippen molar-refractivity contribution in [1.82, 2.24) is 10.4 Å². The second-order valence-corrected chi connectivity index (χ2v) is 7.36. The van der Waals surface area contributed by atoms with Crippen LogP contribution in [0, 0.1) is 5.82 Å². The first-order valence-electron chi connectivity index (χ1n) is 8.13. The van der Waals surface area contributed by atoms with Gasteiger partial charge in [0, 0.05) is 11.1 Å². The number of rotatable bonds is 6. The Bertz CT molecular complexity index is 1020. The van der Waals surface area contributed by atoms with Gasteiger partial charge in [0.15, 0.2) is 10.9 Å². The van der Waals surface area contributed by atoms with Gasteiger partial charge in [0.25, 0.3) is 11.8 Å². The smallest absolute Gasteiger partial charge is 0.341 e. The highest BCUT2D eigenvalue weighted by atomic mass is 32.2. The number of hydrogen-bond acceptors (Lipinski definition) is 6. The number of carboxylic acids is 1. The Labute approximate surface area is 174 Å². The third-order valence-electron chi connectivity index (χ3n) is 3.67. The third-order valence-corrected chi connectivity index (χ3v) is 4.97. The average molecular weight is 432 g/mol. The molecule has 0 radical (unpaired) electrons. The van der Waals surface area contributed by atoms with Crippen LogP contribution in [0.1, 0.15) is 15.9 Å². The first kappa shape index (κ1) is 20.5. The van der Waals surface area contributed by atoms with Gasteiger partial charge in [-0.05, 0) is 48.6 Å². The van der Waals surface area contributed by atoms with E-state index < -0.39 is 30.2 Å². The van der Waals surface area contributed by atoms with Gasteiger partial charge in [-0.1, -0.05) is 30.0 Å². The number of ether oxygens (including phenoxy) is 1. The predicted molar refractivity (Wildman–Crippen MR) is 108 cm³/mol. The van der Waals surface area contributed by atoms with Gasteiger partial charge in [-0.2, -0.15) is 5.01 Å². The van der Waals surface area contributed by atoms with Gasteiger partial charge in [-0.3, -0.25) is 15.0 Å². The Morgan fingerprint density at radius 3 is 2.59 bits per heavy atom. The molecular weight excluding hydrogens is 419 g/mol. The van der Waals surface area contributed by atoms with E-state index in [4.69, 9.17) is 22.1 Å². The van der Waals surface area contributed by atoms with Crippen molar-refractivity contribution in [2.45, 2.75) is 0 Å². The van der Waals surface area contributed by atoms with E-state index in [9.17, 15) is 18.8 Å². The number of halogens is 1. The molecule has 0 aliphatic carbocycles. The van der Waals surface area contributed by atoms with Crippen LogP contribution in [0.5, 0.6) is 5.75 Å². The average Bonchev–Trinajstić information content (AvgIpc) is 2.95. The van der Waals surface area contributed by atoms with Crippen LogP contribution in [0.4, 0.5) is 4.39 Å². The molecule has 2 aromatic rings. The summed E-state index contributed by atoms with van der Waals surface area (Å²) in [5.74, 6) is -2.50. The number of carbonyl (C=O) groups is 3. The van der Waals surface area contributed by atoms with E-state index in [-0.39, 0.29) is 20.5 Å². The summed E-state index contributed by atoms with van der Waals surface area (Å²) >= 11 is 6.13. The first-order chi connectivity index (χ1) is 13.8. The summed E-state index contributed by atoms with van der Waals surface area (Å²) in [6.07, 6.45) is 1.50. The number of carboxylic acid groups (broad SMARTS) is 1. The summed E-state index contributed by atoms with van der Waals surface area (Å²) < 4.78 is 18.3. The van der Waals surface area contributed by atoms with Crippen LogP contribution >= 0.6 is 24.0 Å². The van der Waals surface area contributed by atoms with E-state index in [1.54, 1.807) is 24.3 Å². The lowest BCUT2D eigenvalue weighted by atomic mass is 10.2. The van der Waals surface area contributed by atoms with Crippen molar-refractivity contribution in [3.05, 3.63) is 70.4 Å². The van der Waals surface area contributed by atoms with Gasteiger partial charge >= 0.3 is 5.97 Å². The molecule has 148 valence electrons. The van der Waals surface area contributed by atoms with Crippen LogP contribution in [0.2, 0.25) is 0 Å². The predicted octanol–water partition coefficient (Wildman–Crippen LogP) is 2.84. The number of thioether (sulfide) groups is 1. The van der Waals surface area contributed by atoms with Crippen LogP contribution in [-0.2, 0) is 9.59 Å². The molecule has 1 aliphatic heterocycles. The molecule has 0 saturated carbocycles. The topological polar surface area (TPSA) is 95.9 Å². The fraction of sp³-hybridized carbons (Fsp3) is 0.0526. The molecule has 2 aromatic carbocycles. The Morgan fingerprint density at radius 2 is 1.90 bits per heavy atom. The molecule has 1 saturated heterocycles. The van der Waals surface area contributed by atoms with Crippen molar-refractivity contribution in [2.75, 3.05) is 6.61 Å². The maximum Gasteiger partial charge on any atom is 0.341 e. The van der Waals surface area contributed by atoms with Crippen molar-refractivity contribution in [2.24, 2.45) is 0 Å². The third kappa shape index (κ3) is 4.98. The van der Waals surface area contributed by atoms with Gasteiger partial charge in [0.2, 0.25) is 0 Å². The minimum atomic E-state index is -1.13. The van der Waals surface area contributed by atoms with E-state index in [2.05, 4.69) is 5.43 Å². The van der Waals surface area contributed by atoms with E-state index in [1.807, 2.05) is 0 Å². The van der Waals surface area contributed by atoms with Crippen LogP contribution in [0.25, 0.3) is 6.08 Å². The fourth-order valence-corrected chi connectivity index (χ4v) is 3.51. The molecule has 0 spiro atoms. The first-order valence-corrected chi connectivity index (χ1v) is 9.36. The molecule has 0 unspecified atom stereocenters. The Morgan fingerprint density at radius 1 is 1.21 bits per heavy atom. The number of aliphatic carboxylic acids is 1. The number of nitrogens with zero attached hydrogens (tertiary/aromatic N) is 1. The van der Waals surface area contributed by atoms with Gasteiger partial charge in [0.05, 0.1) is 4.91 Å². The zero-order valence-electron chi connectivity index (χ0n) is 14.6. The minimum Gasteiger partial charge on any atom is -0.481 e. The molecule has 0 bridgehead atoms. The molecule has 0 atom stereocenters. The number of hydrazine groups is 1. The summed E-state index contributed by atoms with van der Waals surface area (Å²) in [5, 5.41) is 9.70. The van der Waals surface area contributed by atoms with Crippen molar-refractivity contribution < 1.29 is 28.6 Å². The lowest BCUT2D eigenvalue weighted by Gasteiger charge is -2.15. The number of thiocarbonyl (C=S) groups is 1. The molecule has 0 aromatic heterocycles. The highest BCUT2D eigenvalue weighted by molar-refractivity contribution is 8.26. The summed E-state index contributed by atoms with van der Waals surface area (Å²) in [5.41, 5.74) is 3.04. The summed E-state index contributed by atoms with van der Waals surface area (Å²) in [6, 6.07) is 11.4. The largest absolute Gasteiger partial charge is 0.481 e. The summed E-state index contributed by atoms with van der Waals surface area (Å²) in [6.45, 7) is -0.528. The zero-order valence-corrected chi connectivity index (χ0v) is 16.3. The van der Waals surface area contributed by atoms with Crippen molar-refractivity contribution in [3.8, 4) is 5.75 Å². The number of amides is 2. The Balaban J connectivity index is 1.77. The standard InChI is InChI=1S/C19H13FN2O5S2/c20-13-7-5-11(6-8-13)17(25)21-22-18(26)15(29-19(22)28)9-12-3-1-2-4-14(12)27-10-16(23)24/h1-9H,10H2,(H,21,25)(H,23,24)/b15-9+. The van der Waals surface area contributed by atoms with Gasteiger partial charge in [-0.25, -0.2) is 9.18 Å². The Kier molecular flexibility index (Phi) is 6.25. The molecular formula is C19H13FN2O5S2. The Hall–Kier alpha value is -3.24. The zero-order chi connectivity index (χ0) is 21.0. The van der Waals surface area contributed by atoms with E-state index in [0.29, 0.717) is 5.56 Å². The second-order valence-electron chi connectivity index (χ2n) is 5.69. The van der Waals surface area contributed by atoms with Crippen LogP contribution < -0.4 is 10.2 Å². The molecule has 1 fully saturated rings. The molecule has 2 amide bonds. The van der Waals surface area contributed by atoms with Crippen molar-refractivity contribution in [1.29, 1.82) is 0 Å². The molecule has 7 nitrogen and oxygen atoms in total. The highest BCUT2D eigenvalue weighted by Crippen LogP contribution is 2.33. The van der Waals surface area contributed by atoms with E-state index >= 15 is 0 Å². The number of hydrogen-bond donors (Lipinski definition) is 2. The molecule has 2 N–H and O–H groups in total. The highest BCUT2D eigenvalue weighted by Gasteiger charge is 2.34. The SMILES string of the molecule is O=C(O)COc1ccccc1/C=C1/SC(=S)N(NC(=O)c2ccc(F)cc2)C1=O. The summed E-state index contributed by atoms with van der Waals surface area (Å²) in [4.78, 5) is 35.9. The quantitative estimate of drug-likeness (QED) is 0.535. The normalized spacial score (nSPS) is 14.9. The van der Waals surface area contributed by atoms with Crippen LogP contribution in [-0.4, -0.2) is 38.8 Å². The van der Waals surface area contributed by atoms with Gasteiger partial charge < -0.3 is 9.84 Å². The molecule has 10 heteroatoms. The lowest BCUT2D eigenvalue weighted by molar-refractivity contribution is -0.139. The molecule has 29 heavy (non-hydrogen) atoms. The number of para-hydroxylation sites is 1. The van der Waals surface area contributed by atoms with Gasteiger partial charge in [-0.15, -0.1) is 0 Å². The van der Waals surface area contributed by atoms with Crippen molar-refractivity contribution in [3.63, 3.8) is 0 Å². The summed E-state index contributed by atoms with van der Waals surface area (Å²) in [7, 11) is 0. The number of carbonyl (C=O) groups excluding carboxylic acids is 2.